The zero-order chi connectivity index (χ0) is 10.2. The van der Waals surface area contributed by atoms with Gasteiger partial charge in [0.05, 0.1) is 0 Å². The maximum atomic E-state index is 4.34. The predicted octanol–water partition coefficient (Wildman–Crippen LogP) is 2.66. The maximum absolute atomic E-state index is 4.34. The van der Waals surface area contributed by atoms with Crippen LogP contribution in [0.4, 0.5) is 5.13 Å². The number of aryl methyl sites for hydroxylation is 1. The van der Waals surface area contributed by atoms with Crippen molar-refractivity contribution >= 4 is 28.4 Å². The summed E-state index contributed by atoms with van der Waals surface area (Å²) in [5.41, 5.74) is 0. The summed E-state index contributed by atoms with van der Waals surface area (Å²) in [7, 11) is 0. The quantitative estimate of drug-likeness (QED) is 0.732. The molecule has 0 aliphatic carbocycles. The number of hydrogen-bond acceptors (Lipinski definition) is 5. The lowest BCUT2D eigenvalue weighted by Crippen LogP contribution is -2.01. The molecule has 0 aliphatic rings. The molecular weight excluding hydrogens is 214 g/mol. The minimum atomic E-state index is 0.921. The highest BCUT2D eigenvalue weighted by Gasteiger charge is 1.99. The number of unbranched alkanes of at least 4 members (excludes halogenated alkanes) is 1. The van der Waals surface area contributed by atoms with Gasteiger partial charge in [0.25, 0.3) is 0 Å². The average Bonchev–Trinajstić information content (AvgIpc) is 2.65. The lowest BCUT2D eigenvalue weighted by atomic mass is 10.3. The van der Waals surface area contributed by atoms with Crippen LogP contribution in [0.1, 0.15) is 25.6 Å². The number of hydrogen-bond donors (Lipinski definition) is 1. The highest BCUT2D eigenvalue weighted by atomic mass is 32.2. The van der Waals surface area contributed by atoms with Crippen LogP contribution in [0.5, 0.6) is 0 Å². The van der Waals surface area contributed by atoms with Gasteiger partial charge in [0.1, 0.15) is 5.82 Å². The predicted molar refractivity (Wildman–Crippen MR) is 65.4 cm³/mol. The number of anilines is 1. The fourth-order valence-electron chi connectivity index (χ4n) is 1.04. The molecule has 0 fully saturated rings. The van der Waals surface area contributed by atoms with Gasteiger partial charge in [0.15, 0.2) is 0 Å². The summed E-state index contributed by atoms with van der Waals surface area (Å²) in [5, 5.41) is 4.26. The zero-order valence-electron chi connectivity index (χ0n) is 8.75. The van der Waals surface area contributed by atoms with Crippen LogP contribution >= 0.6 is 23.3 Å². The van der Waals surface area contributed by atoms with Gasteiger partial charge in [-0.2, -0.15) is 16.1 Å². The first-order chi connectivity index (χ1) is 6.86. The van der Waals surface area contributed by atoms with E-state index in [9.17, 15) is 0 Å². The lowest BCUT2D eigenvalue weighted by molar-refractivity contribution is 0.841. The van der Waals surface area contributed by atoms with Crippen LogP contribution in [0.2, 0.25) is 0 Å². The Kier molecular flexibility index (Phi) is 5.94. The second kappa shape index (κ2) is 7.06. The van der Waals surface area contributed by atoms with E-state index in [0.29, 0.717) is 0 Å². The monoisotopic (exact) mass is 231 g/mol. The molecule has 0 aliphatic heterocycles. The fraction of sp³-hybridized carbons (Fsp3) is 0.778. The smallest absolute Gasteiger partial charge is 0.202 e. The third kappa shape index (κ3) is 4.28. The van der Waals surface area contributed by atoms with Gasteiger partial charge in [0.2, 0.25) is 5.13 Å². The number of nitrogens with one attached hydrogen (secondary N) is 1. The van der Waals surface area contributed by atoms with Gasteiger partial charge >= 0.3 is 0 Å². The van der Waals surface area contributed by atoms with Crippen LogP contribution in [-0.2, 0) is 6.42 Å². The highest BCUT2D eigenvalue weighted by molar-refractivity contribution is 7.98. The highest BCUT2D eigenvalue weighted by Crippen LogP contribution is 2.11. The van der Waals surface area contributed by atoms with E-state index in [4.69, 9.17) is 0 Å². The molecule has 0 unspecified atom stereocenters. The zero-order valence-corrected chi connectivity index (χ0v) is 10.4. The summed E-state index contributed by atoms with van der Waals surface area (Å²) in [6, 6.07) is 0. The Morgan fingerprint density at radius 3 is 2.93 bits per heavy atom. The van der Waals surface area contributed by atoms with Crippen molar-refractivity contribution in [2.24, 2.45) is 0 Å². The van der Waals surface area contributed by atoms with Crippen molar-refractivity contribution in [2.45, 2.75) is 26.2 Å². The Balaban J connectivity index is 2.12. The molecule has 1 N–H and O–H groups in total. The Labute approximate surface area is 93.9 Å². The van der Waals surface area contributed by atoms with Gasteiger partial charge in [-0.1, -0.05) is 6.92 Å². The molecule has 1 rings (SSSR count). The fourth-order valence-corrected chi connectivity index (χ4v) is 2.20. The molecule has 0 saturated heterocycles. The molecule has 0 spiro atoms. The lowest BCUT2D eigenvalue weighted by Gasteiger charge is -2.00. The molecule has 1 aromatic rings. The molecule has 3 nitrogen and oxygen atoms in total. The van der Waals surface area contributed by atoms with E-state index in [1.807, 2.05) is 11.8 Å². The van der Waals surface area contributed by atoms with Gasteiger partial charge in [-0.05, 0) is 24.9 Å². The van der Waals surface area contributed by atoms with E-state index in [1.165, 1.54) is 30.1 Å². The first-order valence-corrected chi connectivity index (χ1v) is 7.09. The second-order valence-electron chi connectivity index (χ2n) is 3.00. The number of thioether (sulfide) groups is 1. The number of nitrogens with zero attached hydrogens (tertiary/aromatic N) is 2. The Hall–Kier alpha value is -0.290. The molecule has 0 radical (unpaired) electrons. The molecule has 0 bridgehead atoms. The largest absolute Gasteiger partial charge is 0.360 e. The standard InChI is InChI=1S/C9H17N3S2/c1-3-8-11-9(14-12-8)10-6-4-5-7-13-2/h3-7H2,1-2H3,(H,10,11,12). The molecule has 0 atom stereocenters. The van der Waals surface area contributed by atoms with E-state index in [0.717, 1.165) is 23.9 Å². The van der Waals surface area contributed by atoms with Gasteiger partial charge in [-0.25, -0.2) is 4.98 Å². The Bertz CT molecular complexity index is 250. The van der Waals surface area contributed by atoms with Crippen LogP contribution in [0, 0.1) is 0 Å². The molecule has 14 heavy (non-hydrogen) atoms. The summed E-state index contributed by atoms with van der Waals surface area (Å²) in [6.45, 7) is 3.09. The summed E-state index contributed by atoms with van der Waals surface area (Å²) in [4.78, 5) is 4.34. The minimum Gasteiger partial charge on any atom is -0.360 e. The van der Waals surface area contributed by atoms with Crippen molar-refractivity contribution in [3.8, 4) is 0 Å². The van der Waals surface area contributed by atoms with Crippen molar-refractivity contribution in [2.75, 3.05) is 23.9 Å². The summed E-state index contributed by atoms with van der Waals surface area (Å²) >= 11 is 3.36. The normalized spacial score (nSPS) is 10.4. The third-order valence-corrected chi connectivity index (χ3v) is 3.24. The molecule has 0 saturated carbocycles. The number of rotatable bonds is 7. The van der Waals surface area contributed by atoms with Crippen LogP contribution in [0.3, 0.4) is 0 Å². The van der Waals surface area contributed by atoms with Crippen molar-refractivity contribution in [3.05, 3.63) is 5.82 Å². The Morgan fingerprint density at radius 1 is 1.43 bits per heavy atom. The summed E-state index contributed by atoms with van der Waals surface area (Å²) in [5.74, 6) is 2.19. The van der Waals surface area contributed by atoms with E-state index in [2.05, 4.69) is 27.9 Å². The first-order valence-electron chi connectivity index (χ1n) is 4.92. The maximum Gasteiger partial charge on any atom is 0.202 e. The van der Waals surface area contributed by atoms with E-state index >= 15 is 0 Å². The van der Waals surface area contributed by atoms with E-state index in [-0.39, 0.29) is 0 Å². The van der Waals surface area contributed by atoms with Gasteiger partial charge < -0.3 is 5.32 Å². The van der Waals surface area contributed by atoms with Crippen molar-refractivity contribution in [3.63, 3.8) is 0 Å². The SMILES string of the molecule is CCc1nsc(NCCCCSC)n1. The van der Waals surface area contributed by atoms with Crippen molar-refractivity contribution in [1.29, 1.82) is 0 Å². The van der Waals surface area contributed by atoms with Crippen LogP contribution < -0.4 is 5.32 Å². The molecule has 1 aromatic heterocycles. The summed E-state index contributed by atoms with van der Waals surface area (Å²) < 4.78 is 4.21. The molecule has 5 heteroatoms. The molecule has 0 amide bonds. The van der Waals surface area contributed by atoms with Crippen molar-refractivity contribution in [1.82, 2.24) is 9.36 Å². The number of aromatic nitrogens is 2. The molecule has 0 aromatic carbocycles. The second-order valence-corrected chi connectivity index (χ2v) is 4.73. The van der Waals surface area contributed by atoms with Gasteiger partial charge in [-0.3, -0.25) is 0 Å². The average molecular weight is 231 g/mol. The first kappa shape index (κ1) is 11.8. The third-order valence-electron chi connectivity index (χ3n) is 1.84. The van der Waals surface area contributed by atoms with Crippen molar-refractivity contribution < 1.29 is 0 Å². The van der Waals surface area contributed by atoms with Gasteiger partial charge in [0, 0.05) is 24.5 Å². The van der Waals surface area contributed by atoms with E-state index < -0.39 is 0 Å². The van der Waals surface area contributed by atoms with E-state index in [1.54, 1.807) is 0 Å². The summed E-state index contributed by atoms with van der Waals surface area (Å²) in [6.07, 6.45) is 5.55. The molecule has 1 heterocycles. The van der Waals surface area contributed by atoms with Gasteiger partial charge in [-0.15, -0.1) is 0 Å². The topological polar surface area (TPSA) is 37.8 Å². The molecular formula is C9H17N3S2. The molecule has 80 valence electrons. The minimum absolute atomic E-state index is 0.921. The van der Waals surface area contributed by atoms with Crippen LogP contribution in [0.25, 0.3) is 0 Å². The van der Waals surface area contributed by atoms with Crippen LogP contribution in [-0.4, -0.2) is 27.9 Å². The Morgan fingerprint density at radius 2 is 2.29 bits per heavy atom. The van der Waals surface area contributed by atoms with Crippen LogP contribution in [0.15, 0.2) is 0 Å².